The van der Waals surface area contributed by atoms with Gasteiger partial charge in [0.05, 0.1) is 17.1 Å². The first-order chi connectivity index (χ1) is 15.4. The summed E-state index contributed by atoms with van der Waals surface area (Å²) in [5.41, 5.74) is 1.36. The third-order valence-corrected chi connectivity index (χ3v) is 5.98. The summed E-state index contributed by atoms with van der Waals surface area (Å²) in [5.74, 6) is 1.10. The number of rotatable bonds is 8. The molecule has 2 aromatic carbocycles. The summed E-state index contributed by atoms with van der Waals surface area (Å²) in [4.78, 5) is 30.0. The van der Waals surface area contributed by atoms with Crippen molar-refractivity contribution in [2.45, 2.75) is 38.9 Å². The molecule has 1 saturated carbocycles. The normalized spacial score (nSPS) is 13.1. The molecule has 0 saturated heterocycles. The van der Waals surface area contributed by atoms with Gasteiger partial charge in [0.15, 0.2) is 0 Å². The Hall–Kier alpha value is -2.76. The quantitative estimate of drug-likeness (QED) is 0.422. The fourth-order valence-electron chi connectivity index (χ4n) is 3.61. The van der Waals surface area contributed by atoms with Crippen LogP contribution in [0.4, 0.5) is 0 Å². The van der Waals surface area contributed by atoms with E-state index in [1.807, 2.05) is 49.4 Å². The summed E-state index contributed by atoms with van der Waals surface area (Å²) < 4.78 is 5.71. The summed E-state index contributed by atoms with van der Waals surface area (Å²) in [6, 6.07) is 18.4. The second-order valence-electron chi connectivity index (χ2n) is 8.04. The zero-order valence-corrected chi connectivity index (χ0v) is 19.3. The molecule has 3 aromatic rings. The van der Waals surface area contributed by atoms with E-state index in [4.69, 9.17) is 27.6 Å². The number of nitrogens with zero attached hydrogens (tertiary/aromatic N) is 2. The maximum Gasteiger partial charge on any atom is 0.256 e. The average Bonchev–Trinajstić information content (AvgIpc) is 3.53. The largest absolute Gasteiger partial charge is 0.464 e. The van der Waals surface area contributed by atoms with Gasteiger partial charge in [0, 0.05) is 17.6 Å². The fraction of sp³-hybridized carbons (Fsp3) is 0.280. The van der Waals surface area contributed by atoms with Gasteiger partial charge in [-0.25, -0.2) is 0 Å². The fourth-order valence-corrected chi connectivity index (χ4v) is 4.10. The molecule has 4 rings (SSSR count). The van der Waals surface area contributed by atoms with Gasteiger partial charge >= 0.3 is 0 Å². The molecule has 1 aliphatic rings. The molecule has 2 amide bonds. The lowest BCUT2D eigenvalue weighted by Crippen LogP contribution is -2.43. The number of carbonyl (C=O) groups excluding carboxylic acids is 2. The predicted octanol–water partition coefficient (Wildman–Crippen LogP) is 5.73. The summed E-state index contributed by atoms with van der Waals surface area (Å²) in [6.45, 7) is 2.61. The van der Waals surface area contributed by atoms with Crippen LogP contribution in [0.1, 0.15) is 40.3 Å². The van der Waals surface area contributed by atoms with E-state index in [1.54, 1.807) is 28.0 Å². The molecule has 0 spiro atoms. The monoisotopic (exact) mass is 470 g/mol. The van der Waals surface area contributed by atoms with Gasteiger partial charge in [-0.15, -0.1) is 0 Å². The Bertz CT molecular complexity index is 1110. The van der Waals surface area contributed by atoms with Crippen molar-refractivity contribution in [3.05, 3.63) is 93.4 Å². The summed E-state index contributed by atoms with van der Waals surface area (Å²) in [6.07, 6.45) is 1.75. The number of furan rings is 1. The van der Waals surface area contributed by atoms with E-state index in [9.17, 15) is 9.59 Å². The van der Waals surface area contributed by atoms with Crippen LogP contribution >= 0.6 is 23.2 Å². The van der Waals surface area contributed by atoms with Crippen molar-refractivity contribution in [1.82, 2.24) is 9.80 Å². The van der Waals surface area contributed by atoms with E-state index in [0.29, 0.717) is 29.4 Å². The van der Waals surface area contributed by atoms with Crippen LogP contribution in [0, 0.1) is 6.92 Å². The van der Waals surface area contributed by atoms with Gasteiger partial charge in [0.2, 0.25) is 5.91 Å². The summed E-state index contributed by atoms with van der Waals surface area (Å²) in [7, 11) is 0. The van der Waals surface area contributed by atoms with Crippen LogP contribution in [-0.4, -0.2) is 34.2 Å². The third kappa shape index (κ3) is 5.53. The molecule has 32 heavy (non-hydrogen) atoms. The van der Waals surface area contributed by atoms with Gasteiger partial charge in [0.1, 0.15) is 18.1 Å². The number of hydrogen-bond donors (Lipinski definition) is 0. The highest BCUT2D eigenvalue weighted by Gasteiger charge is 2.36. The maximum atomic E-state index is 13.4. The van der Waals surface area contributed by atoms with Crippen molar-refractivity contribution in [3.63, 3.8) is 0 Å². The van der Waals surface area contributed by atoms with E-state index in [2.05, 4.69) is 0 Å². The molecule has 0 radical (unpaired) electrons. The van der Waals surface area contributed by atoms with Crippen LogP contribution in [0.3, 0.4) is 0 Å². The maximum absolute atomic E-state index is 13.4. The molecule has 0 aliphatic heterocycles. The Kier molecular flexibility index (Phi) is 6.87. The van der Waals surface area contributed by atoms with Crippen LogP contribution < -0.4 is 0 Å². The average molecular weight is 471 g/mol. The highest BCUT2D eigenvalue weighted by Crippen LogP contribution is 2.31. The van der Waals surface area contributed by atoms with Gasteiger partial charge in [-0.05, 0) is 55.7 Å². The molecule has 5 nitrogen and oxygen atoms in total. The predicted molar refractivity (Wildman–Crippen MR) is 125 cm³/mol. The third-order valence-electron chi connectivity index (χ3n) is 5.43. The Morgan fingerprint density at radius 1 is 1.00 bits per heavy atom. The molecule has 1 heterocycles. The van der Waals surface area contributed by atoms with Crippen LogP contribution in [0.25, 0.3) is 0 Å². The number of carbonyl (C=O) groups is 2. The molecule has 1 aromatic heterocycles. The molecule has 0 unspecified atom stereocenters. The molecule has 1 aliphatic carbocycles. The van der Waals surface area contributed by atoms with Crippen molar-refractivity contribution in [3.8, 4) is 0 Å². The van der Waals surface area contributed by atoms with Gasteiger partial charge in [-0.1, -0.05) is 53.5 Å². The van der Waals surface area contributed by atoms with Crippen molar-refractivity contribution in [2.75, 3.05) is 6.54 Å². The molecule has 0 bridgehead atoms. The number of aryl methyl sites for hydroxylation is 1. The molecule has 0 N–H and O–H groups in total. The Balaban J connectivity index is 1.55. The number of benzene rings is 2. The zero-order valence-electron chi connectivity index (χ0n) is 17.8. The highest BCUT2D eigenvalue weighted by molar-refractivity contribution is 6.36. The van der Waals surface area contributed by atoms with E-state index >= 15 is 0 Å². The second-order valence-corrected chi connectivity index (χ2v) is 8.88. The van der Waals surface area contributed by atoms with Gasteiger partial charge in [0.25, 0.3) is 5.91 Å². The minimum atomic E-state index is -0.254. The molecular formula is C25H24Cl2N2O3. The Morgan fingerprint density at radius 3 is 2.38 bits per heavy atom. The summed E-state index contributed by atoms with van der Waals surface area (Å²) in [5, 5.41) is 0.746. The van der Waals surface area contributed by atoms with Crippen molar-refractivity contribution < 1.29 is 14.0 Å². The van der Waals surface area contributed by atoms with Crippen LogP contribution in [0.2, 0.25) is 10.0 Å². The standard InChI is InChI=1S/C25H24Cl2N2O3/c1-17-7-11-21(32-17)15-28(14-18-5-3-2-4-6-18)24(30)16-29(20-9-10-20)25(31)22-12-8-19(26)13-23(22)27/h2-8,11-13,20H,9-10,14-16H2,1H3. The van der Waals surface area contributed by atoms with Crippen LogP contribution in [0.5, 0.6) is 0 Å². The summed E-state index contributed by atoms with van der Waals surface area (Å²) >= 11 is 12.2. The number of amides is 2. The van der Waals surface area contributed by atoms with Crippen molar-refractivity contribution in [2.24, 2.45) is 0 Å². The Morgan fingerprint density at radius 2 is 1.75 bits per heavy atom. The smallest absolute Gasteiger partial charge is 0.256 e. The van der Waals surface area contributed by atoms with Crippen molar-refractivity contribution in [1.29, 1.82) is 0 Å². The van der Waals surface area contributed by atoms with Gasteiger partial charge in [-0.2, -0.15) is 0 Å². The minimum Gasteiger partial charge on any atom is -0.464 e. The Labute approximate surface area is 197 Å². The van der Waals surface area contributed by atoms with Crippen molar-refractivity contribution >= 4 is 35.0 Å². The topological polar surface area (TPSA) is 53.8 Å². The molecule has 1 fully saturated rings. The first-order valence-corrected chi connectivity index (χ1v) is 11.3. The molecule has 0 atom stereocenters. The SMILES string of the molecule is Cc1ccc(CN(Cc2ccccc2)C(=O)CN(C(=O)c2ccc(Cl)cc2Cl)C2CC2)o1. The molecule has 7 heteroatoms. The second kappa shape index (κ2) is 9.80. The minimum absolute atomic E-state index is 0.0189. The van der Waals surface area contributed by atoms with Crippen LogP contribution in [-0.2, 0) is 17.9 Å². The molecular weight excluding hydrogens is 447 g/mol. The lowest BCUT2D eigenvalue weighted by molar-refractivity contribution is -0.133. The zero-order chi connectivity index (χ0) is 22.7. The highest BCUT2D eigenvalue weighted by atomic mass is 35.5. The van der Waals surface area contributed by atoms with Crippen LogP contribution in [0.15, 0.2) is 65.1 Å². The lowest BCUT2D eigenvalue weighted by Gasteiger charge is -2.28. The molecule has 166 valence electrons. The van der Waals surface area contributed by atoms with E-state index < -0.39 is 0 Å². The van der Waals surface area contributed by atoms with E-state index in [1.165, 1.54) is 0 Å². The lowest BCUT2D eigenvalue weighted by atomic mass is 10.1. The first kappa shape index (κ1) is 22.4. The first-order valence-electron chi connectivity index (χ1n) is 10.5. The van der Waals surface area contributed by atoms with E-state index in [0.717, 1.165) is 24.2 Å². The number of halogens is 2. The van der Waals surface area contributed by atoms with E-state index in [-0.39, 0.29) is 29.4 Å². The number of hydrogen-bond acceptors (Lipinski definition) is 3. The van der Waals surface area contributed by atoms with Gasteiger partial charge < -0.3 is 14.2 Å². The van der Waals surface area contributed by atoms with Gasteiger partial charge in [-0.3, -0.25) is 9.59 Å².